The van der Waals surface area contributed by atoms with Crippen molar-refractivity contribution in [3.05, 3.63) is 74.1 Å². The summed E-state index contributed by atoms with van der Waals surface area (Å²) in [4.78, 5) is 29.7. The first-order chi connectivity index (χ1) is 16.8. The van der Waals surface area contributed by atoms with E-state index in [2.05, 4.69) is 56.2 Å². The Morgan fingerprint density at radius 3 is 2.51 bits per heavy atom. The van der Waals surface area contributed by atoms with Crippen molar-refractivity contribution in [1.82, 2.24) is 19.9 Å². The number of aryl methyl sites for hydroxylation is 2. The molecule has 7 nitrogen and oxygen atoms in total. The number of H-pyrrole nitrogens is 1. The zero-order chi connectivity index (χ0) is 24.7. The molecule has 1 aliphatic rings. The number of hydrogen-bond acceptors (Lipinski definition) is 6. The van der Waals surface area contributed by atoms with E-state index in [1.165, 1.54) is 11.3 Å². The minimum absolute atomic E-state index is 0.267. The molecule has 2 N–H and O–H groups in total. The van der Waals surface area contributed by atoms with Crippen LogP contribution in [0.5, 0.6) is 0 Å². The Morgan fingerprint density at radius 2 is 1.80 bits per heavy atom. The molecule has 1 aliphatic heterocycles. The van der Waals surface area contributed by atoms with Gasteiger partial charge in [0.25, 0.3) is 5.56 Å². The zero-order valence-electron chi connectivity index (χ0n) is 19.8. The number of benzene rings is 2. The van der Waals surface area contributed by atoms with Crippen molar-refractivity contribution < 1.29 is 0 Å². The number of fused-ring (bicyclic) bond motifs is 1. The molecule has 9 heteroatoms. The Labute approximate surface area is 213 Å². The Bertz CT molecular complexity index is 1480. The molecule has 2 aromatic heterocycles. The fourth-order valence-electron chi connectivity index (χ4n) is 4.57. The number of nitrogens with one attached hydrogen (secondary N) is 2. The average Bonchev–Trinajstić information content (AvgIpc) is 2.81. The Balaban J connectivity index is 1.43. The first kappa shape index (κ1) is 23.6. The van der Waals surface area contributed by atoms with Gasteiger partial charge in [-0.05, 0) is 62.4 Å². The molecule has 1 saturated heterocycles. The van der Waals surface area contributed by atoms with E-state index in [1.807, 2.05) is 13.0 Å². The quantitative estimate of drug-likeness (QED) is 0.384. The molecular formula is C26H26Cl2N6O. The zero-order valence-corrected chi connectivity index (χ0v) is 21.3. The SMILES string of the molecule is Cc1cc(Nc2ncc3c(C)c(-c4ccc(Cl)cc4Cl)c(=O)[nH]c3n2)ccc1N1CCN(C)CC1. The summed E-state index contributed by atoms with van der Waals surface area (Å²) in [7, 11) is 2.16. The minimum Gasteiger partial charge on any atom is -0.369 e. The van der Waals surface area contributed by atoms with Crippen LogP contribution in [0.2, 0.25) is 10.0 Å². The molecule has 0 radical (unpaired) electrons. The summed E-state index contributed by atoms with van der Waals surface area (Å²) >= 11 is 12.4. The summed E-state index contributed by atoms with van der Waals surface area (Å²) in [5.41, 5.74) is 5.38. The van der Waals surface area contributed by atoms with E-state index < -0.39 is 0 Å². The highest BCUT2D eigenvalue weighted by Crippen LogP contribution is 2.32. The molecule has 0 aliphatic carbocycles. The number of hydrogen-bond donors (Lipinski definition) is 2. The predicted molar refractivity (Wildman–Crippen MR) is 145 cm³/mol. The van der Waals surface area contributed by atoms with Crippen molar-refractivity contribution in [2.75, 3.05) is 43.4 Å². The molecule has 1 fully saturated rings. The van der Waals surface area contributed by atoms with E-state index in [0.29, 0.717) is 32.8 Å². The van der Waals surface area contributed by atoms with Crippen LogP contribution in [0.15, 0.2) is 47.4 Å². The van der Waals surface area contributed by atoms with Crippen LogP contribution in [0.25, 0.3) is 22.2 Å². The number of piperazine rings is 1. The summed E-state index contributed by atoms with van der Waals surface area (Å²) in [6.07, 6.45) is 1.72. The van der Waals surface area contributed by atoms with E-state index in [1.54, 1.807) is 24.4 Å². The molecule has 4 aromatic rings. The molecule has 0 atom stereocenters. The van der Waals surface area contributed by atoms with Gasteiger partial charge in [0, 0.05) is 59.7 Å². The highest BCUT2D eigenvalue weighted by atomic mass is 35.5. The van der Waals surface area contributed by atoms with Gasteiger partial charge in [0.15, 0.2) is 0 Å². The number of aromatic nitrogens is 3. The summed E-state index contributed by atoms with van der Waals surface area (Å²) in [6, 6.07) is 11.4. The lowest BCUT2D eigenvalue weighted by Gasteiger charge is -2.35. The molecular weight excluding hydrogens is 483 g/mol. The van der Waals surface area contributed by atoms with Gasteiger partial charge < -0.3 is 20.1 Å². The third kappa shape index (κ3) is 4.72. The summed E-state index contributed by atoms with van der Waals surface area (Å²) in [6.45, 7) is 8.16. The van der Waals surface area contributed by atoms with Gasteiger partial charge >= 0.3 is 0 Å². The van der Waals surface area contributed by atoms with Gasteiger partial charge in [0.2, 0.25) is 5.95 Å². The van der Waals surface area contributed by atoms with E-state index in [9.17, 15) is 4.79 Å². The molecule has 2 aromatic carbocycles. The highest BCUT2D eigenvalue weighted by molar-refractivity contribution is 6.36. The molecule has 0 saturated carbocycles. The van der Waals surface area contributed by atoms with Gasteiger partial charge in [-0.1, -0.05) is 29.3 Å². The van der Waals surface area contributed by atoms with Crippen LogP contribution in [0.3, 0.4) is 0 Å². The monoisotopic (exact) mass is 508 g/mol. The average molecular weight is 509 g/mol. The Morgan fingerprint density at radius 1 is 1.03 bits per heavy atom. The first-order valence-corrected chi connectivity index (χ1v) is 12.2. The second kappa shape index (κ2) is 9.49. The van der Waals surface area contributed by atoms with Crippen molar-refractivity contribution in [1.29, 1.82) is 0 Å². The van der Waals surface area contributed by atoms with Crippen LogP contribution in [0.4, 0.5) is 17.3 Å². The minimum atomic E-state index is -0.267. The normalized spacial score (nSPS) is 14.5. The summed E-state index contributed by atoms with van der Waals surface area (Å²) in [5, 5.41) is 4.95. The van der Waals surface area contributed by atoms with Crippen LogP contribution < -0.4 is 15.8 Å². The second-order valence-corrected chi connectivity index (χ2v) is 9.79. The van der Waals surface area contributed by atoms with Gasteiger partial charge in [-0.2, -0.15) is 4.98 Å². The molecule has 35 heavy (non-hydrogen) atoms. The highest BCUT2D eigenvalue weighted by Gasteiger charge is 2.17. The van der Waals surface area contributed by atoms with Crippen LogP contribution in [0, 0.1) is 13.8 Å². The number of anilines is 3. The Hall–Kier alpha value is -3.13. The van der Waals surface area contributed by atoms with Gasteiger partial charge in [-0.3, -0.25) is 4.79 Å². The third-order valence-electron chi connectivity index (χ3n) is 6.52. The van der Waals surface area contributed by atoms with Crippen molar-refractivity contribution in [3.63, 3.8) is 0 Å². The largest absolute Gasteiger partial charge is 0.369 e. The topological polar surface area (TPSA) is 77.1 Å². The Kier molecular flexibility index (Phi) is 6.40. The van der Waals surface area contributed by atoms with E-state index in [4.69, 9.17) is 23.2 Å². The lowest BCUT2D eigenvalue weighted by atomic mass is 10.0. The van der Waals surface area contributed by atoms with Crippen LogP contribution >= 0.6 is 23.2 Å². The standard InChI is InChI=1S/C26H26Cl2N6O/c1-15-12-18(5-7-22(15)34-10-8-33(3)9-11-34)30-26-29-14-20-16(2)23(25(35)31-24(20)32-26)19-6-4-17(27)13-21(19)28/h4-7,12-14H,8-11H2,1-3H3,(H2,29,30,31,32,35). The second-order valence-electron chi connectivity index (χ2n) is 8.95. The molecule has 0 unspecified atom stereocenters. The molecule has 5 rings (SSSR count). The third-order valence-corrected chi connectivity index (χ3v) is 7.07. The summed E-state index contributed by atoms with van der Waals surface area (Å²) < 4.78 is 0. The maximum Gasteiger partial charge on any atom is 0.257 e. The fraction of sp³-hybridized carbons (Fsp3) is 0.269. The number of nitrogens with zero attached hydrogens (tertiary/aromatic N) is 4. The van der Waals surface area contributed by atoms with Crippen molar-refractivity contribution in [2.45, 2.75) is 13.8 Å². The van der Waals surface area contributed by atoms with Gasteiger partial charge in [0.05, 0.1) is 10.6 Å². The van der Waals surface area contributed by atoms with Crippen LogP contribution in [-0.2, 0) is 0 Å². The lowest BCUT2D eigenvalue weighted by Crippen LogP contribution is -2.44. The number of rotatable bonds is 4. The van der Waals surface area contributed by atoms with Crippen molar-refractivity contribution in [2.24, 2.45) is 0 Å². The molecule has 3 heterocycles. The van der Waals surface area contributed by atoms with Gasteiger partial charge in [-0.25, -0.2) is 4.98 Å². The van der Waals surface area contributed by atoms with E-state index >= 15 is 0 Å². The molecule has 180 valence electrons. The fourth-order valence-corrected chi connectivity index (χ4v) is 5.07. The van der Waals surface area contributed by atoms with Crippen LogP contribution in [0.1, 0.15) is 11.1 Å². The number of likely N-dealkylation sites (N-methyl/N-ethyl adjacent to an activating group) is 1. The van der Waals surface area contributed by atoms with Crippen molar-refractivity contribution in [3.8, 4) is 11.1 Å². The molecule has 0 amide bonds. The smallest absolute Gasteiger partial charge is 0.257 e. The summed E-state index contributed by atoms with van der Waals surface area (Å²) in [5.74, 6) is 0.413. The van der Waals surface area contributed by atoms with Gasteiger partial charge in [-0.15, -0.1) is 0 Å². The van der Waals surface area contributed by atoms with E-state index in [0.717, 1.165) is 42.8 Å². The number of aromatic amines is 1. The molecule has 0 bridgehead atoms. The maximum atomic E-state index is 13.0. The van der Waals surface area contributed by atoms with Crippen molar-refractivity contribution >= 4 is 51.6 Å². The van der Waals surface area contributed by atoms with Crippen LogP contribution in [-0.4, -0.2) is 53.1 Å². The molecule has 0 spiro atoms. The number of halogens is 2. The lowest BCUT2D eigenvalue weighted by molar-refractivity contribution is 0.312. The first-order valence-electron chi connectivity index (χ1n) is 11.5. The van der Waals surface area contributed by atoms with E-state index in [-0.39, 0.29) is 5.56 Å². The maximum absolute atomic E-state index is 13.0. The predicted octanol–water partition coefficient (Wildman–Crippen LogP) is 5.40. The van der Waals surface area contributed by atoms with Gasteiger partial charge in [0.1, 0.15) is 5.65 Å². The number of pyridine rings is 1.